The summed E-state index contributed by atoms with van der Waals surface area (Å²) in [4.78, 5) is 1.56. The molecule has 1 aliphatic rings. The summed E-state index contributed by atoms with van der Waals surface area (Å²) in [6.07, 6.45) is 0.634. The van der Waals surface area contributed by atoms with Crippen LogP contribution in [0.3, 0.4) is 0 Å². The fraction of sp³-hybridized carbons (Fsp3) is 0.833. The molecular weight excluding hydrogens is 119 g/mol. The van der Waals surface area contributed by atoms with Gasteiger partial charge in [-0.25, -0.2) is 4.39 Å². The lowest BCUT2D eigenvalue weighted by Crippen LogP contribution is -2.25. The summed E-state index contributed by atoms with van der Waals surface area (Å²) in [5.74, 6) is 0. The Morgan fingerprint density at radius 3 is 3.00 bits per heavy atom. The van der Waals surface area contributed by atoms with E-state index in [1.807, 2.05) is 6.07 Å². The van der Waals surface area contributed by atoms with Crippen molar-refractivity contribution in [1.29, 1.82) is 5.26 Å². The Morgan fingerprint density at radius 1 is 1.78 bits per heavy atom. The molecule has 2 nitrogen and oxygen atoms in total. The second kappa shape index (κ2) is 2.79. The van der Waals surface area contributed by atoms with Crippen LogP contribution in [0.25, 0.3) is 0 Å². The molecule has 0 aromatic heterocycles. The van der Waals surface area contributed by atoms with E-state index in [1.165, 1.54) is 0 Å². The quantitative estimate of drug-likeness (QED) is 0.387. The zero-order valence-corrected chi connectivity index (χ0v) is 5.18. The summed E-state index contributed by atoms with van der Waals surface area (Å²) in [7, 11) is 0. The summed E-state index contributed by atoms with van der Waals surface area (Å²) < 4.78 is 12.5. The van der Waals surface area contributed by atoms with Gasteiger partial charge in [0, 0.05) is 6.54 Å². The molecule has 1 heterocycles. The first-order valence-corrected chi connectivity index (χ1v) is 3.09. The van der Waals surface area contributed by atoms with E-state index in [0.29, 0.717) is 6.42 Å². The van der Waals surface area contributed by atoms with Crippen LogP contribution in [0.1, 0.15) is 12.8 Å². The van der Waals surface area contributed by atoms with E-state index in [2.05, 4.69) is 0 Å². The highest BCUT2D eigenvalue weighted by Gasteiger charge is 2.22. The third-order valence-electron chi connectivity index (χ3n) is 1.56. The largest absolute Gasteiger partial charge is 0.261 e. The predicted octanol–water partition coefficient (Wildman–Crippen LogP) is 0.901. The Labute approximate surface area is 53.9 Å². The molecule has 0 amide bonds. The van der Waals surface area contributed by atoms with Gasteiger partial charge in [0.1, 0.15) is 0 Å². The lowest BCUT2D eigenvalue weighted by molar-refractivity contribution is 0.143. The minimum absolute atomic E-state index is 0.237. The van der Waals surface area contributed by atoms with Crippen molar-refractivity contribution in [3.8, 4) is 6.07 Å². The van der Waals surface area contributed by atoms with Gasteiger partial charge in [-0.05, 0) is 12.8 Å². The molecule has 3 heteroatoms. The molecule has 0 aliphatic carbocycles. The summed E-state index contributed by atoms with van der Waals surface area (Å²) in [6.45, 7) is 0.982. The van der Waals surface area contributed by atoms with E-state index >= 15 is 0 Å². The highest BCUT2D eigenvalue weighted by molar-refractivity contribution is 4.81. The summed E-state index contributed by atoms with van der Waals surface area (Å²) in [5.41, 5.74) is 0. The fourth-order valence-electron chi connectivity index (χ4n) is 1.05. The molecule has 1 rings (SSSR count). The minimum Gasteiger partial charge on any atom is -0.261 e. The van der Waals surface area contributed by atoms with Gasteiger partial charge in [0.25, 0.3) is 0 Å². The van der Waals surface area contributed by atoms with Crippen molar-refractivity contribution in [3.05, 3.63) is 0 Å². The number of alkyl halides is 1. The molecule has 1 fully saturated rings. The average molecular weight is 128 g/mol. The van der Waals surface area contributed by atoms with Crippen LogP contribution in [0.5, 0.6) is 0 Å². The fourth-order valence-corrected chi connectivity index (χ4v) is 1.05. The third kappa shape index (κ3) is 1.39. The predicted molar refractivity (Wildman–Crippen MR) is 31.3 cm³/mol. The Bertz CT molecular complexity index is 130. The van der Waals surface area contributed by atoms with Gasteiger partial charge in [-0.2, -0.15) is 5.26 Å². The van der Waals surface area contributed by atoms with Crippen LogP contribution in [-0.4, -0.2) is 24.3 Å². The number of hydrogen-bond acceptors (Lipinski definition) is 2. The van der Waals surface area contributed by atoms with Crippen LogP contribution in [0.2, 0.25) is 0 Å². The number of likely N-dealkylation sites (tertiary alicyclic amines) is 1. The van der Waals surface area contributed by atoms with Crippen LogP contribution >= 0.6 is 0 Å². The normalized spacial score (nSPS) is 28.2. The SMILES string of the molecule is N#CCN1CCCC1F. The number of halogens is 1. The van der Waals surface area contributed by atoms with Crippen LogP contribution < -0.4 is 0 Å². The number of rotatable bonds is 1. The second-order valence-electron chi connectivity index (χ2n) is 2.21. The van der Waals surface area contributed by atoms with E-state index in [9.17, 15) is 4.39 Å². The maximum atomic E-state index is 12.5. The number of nitriles is 1. The molecule has 1 aliphatic heterocycles. The van der Waals surface area contributed by atoms with Crippen molar-refractivity contribution in [2.75, 3.05) is 13.1 Å². The van der Waals surface area contributed by atoms with Crippen molar-refractivity contribution < 1.29 is 4.39 Å². The average Bonchev–Trinajstić information content (AvgIpc) is 2.18. The van der Waals surface area contributed by atoms with Crippen LogP contribution in [0.4, 0.5) is 4.39 Å². The van der Waals surface area contributed by atoms with E-state index in [1.54, 1.807) is 4.90 Å². The van der Waals surface area contributed by atoms with Gasteiger partial charge in [0.15, 0.2) is 6.30 Å². The molecule has 9 heavy (non-hydrogen) atoms. The van der Waals surface area contributed by atoms with Gasteiger partial charge in [-0.3, -0.25) is 4.90 Å². The molecule has 1 unspecified atom stereocenters. The number of hydrogen-bond donors (Lipinski definition) is 0. The van der Waals surface area contributed by atoms with Crippen LogP contribution in [0.15, 0.2) is 0 Å². The second-order valence-corrected chi connectivity index (χ2v) is 2.21. The Hall–Kier alpha value is -0.620. The van der Waals surface area contributed by atoms with Gasteiger partial charge in [-0.1, -0.05) is 0 Å². The maximum Gasteiger partial charge on any atom is 0.154 e. The first kappa shape index (κ1) is 6.50. The Morgan fingerprint density at radius 2 is 2.56 bits per heavy atom. The van der Waals surface area contributed by atoms with E-state index < -0.39 is 6.30 Å². The standard InChI is InChI=1S/C6H9FN2/c7-6-2-1-4-9(6)5-3-8/h6H,1-2,4-5H2. The van der Waals surface area contributed by atoms with Gasteiger partial charge in [0.05, 0.1) is 12.6 Å². The first-order valence-electron chi connectivity index (χ1n) is 3.09. The highest BCUT2D eigenvalue weighted by atomic mass is 19.1. The molecule has 1 saturated heterocycles. The zero-order valence-electron chi connectivity index (χ0n) is 5.18. The molecule has 1 atom stereocenters. The topological polar surface area (TPSA) is 27.0 Å². The molecule has 0 aromatic carbocycles. The molecule has 0 bridgehead atoms. The molecule has 0 N–H and O–H groups in total. The summed E-state index contributed by atoms with van der Waals surface area (Å²) in [6, 6.07) is 1.93. The van der Waals surface area contributed by atoms with Crippen molar-refractivity contribution in [1.82, 2.24) is 4.90 Å². The van der Waals surface area contributed by atoms with Gasteiger partial charge < -0.3 is 0 Å². The van der Waals surface area contributed by atoms with Crippen LogP contribution in [0, 0.1) is 11.3 Å². The lowest BCUT2D eigenvalue weighted by atomic mass is 10.4. The monoisotopic (exact) mass is 128 g/mol. The molecular formula is C6H9FN2. The summed E-state index contributed by atoms with van der Waals surface area (Å²) >= 11 is 0. The molecule has 0 aromatic rings. The first-order chi connectivity index (χ1) is 4.34. The van der Waals surface area contributed by atoms with Crippen molar-refractivity contribution >= 4 is 0 Å². The van der Waals surface area contributed by atoms with E-state index in [0.717, 1.165) is 13.0 Å². The van der Waals surface area contributed by atoms with Crippen molar-refractivity contribution in [2.24, 2.45) is 0 Å². The smallest absolute Gasteiger partial charge is 0.154 e. The van der Waals surface area contributed by atoms with Crippen molar-refractivity contribution in [2.45, 2.75) is 19.1 Å². The summed E-state index contributed by atoms with van der Waals surface area (Å²) in [5, 5.41) is 8.19. The third-order valence-corrected chi connectivity index (χ3v) is 1.56. The molecule has 0 radical (unpaired) electrons. The minimum atomic E-state index is -0.857. The Kier molecular flexibility index (Phi) is 2.01. The van der Waals surface area contributed by atoms with E-state index in [-0.39, 0.29) is 6.54 Å². The lowest BCUT2D eigenvalue weighted by Gasteiger charge is -2.12. The molecule has 0 spiro atoms. The van der Waals surface area contributed by atoms with Crippen molar-refractivity contribution in [3.63, 3.8) is 0 Å². The van der Waals surface area contributed by atoms with Gasteiger partial charge >= 0.3 is 0 Å². The van der Waals surface area contributed by atoms with Gasteiger partial charge in [-0.15, -0.1) is 0 Å². The Balaban J connectivity index is 2.33. The molecule has 50 valence electrons. The molecule has 0 saturated carbocycles. The number of nitrogens with zero attached hydrogens (tertiary/aromatic N) is 2. The highest BCUT2D eigenvalue weighted by Crippen LogP contribution is 2.16. The maximum absolute atomic E-state index is 12.5. The van der Waals surface area contributed by atoms with Crippen LogP contribution in [-0.2, 0) is 0 Å². The zero-order chi connectivity index (χ0) is 6.69. The van der Waals surface area contributed by atoms with Gasteiger partial charge in [0.2, 0.25) is 0 Å². The van der Waals surface area contributed by atoms with E-state index in [4.69, 9.17) is 5.26 Å².